The van der Waals surface area contributed by atoms with E-state index in [9.17, 15) is 20.7 Å². The van der Waals surface area contributed by atoms with E-state index in [1.54, 1.807) is 25.0 Å². The number of aliphatic hydroxyl groups excluding tert-OH is 2. The number of nitriles is 2. The molecule has 0 spiro atoms. The fourth-order valence-electron chi connectivity index (χ4n) is 6.34. The lowest BCUT2D eigenvalue weighted by molar-refractivity contribution is -0.0512. The minimum atomic E-state index is -0.354. The van der Waals surface area contributed by atoms with Gasteiger partial charge in [0.05, 0.1) is 36.0 Å². The maximum atomic E-state index is 9.92. The highest BCUT2D eigenvalue weighted by Gasteiger charge is 2.48. The van der Waals surface area contributed by atoms with Crippen LogP contribution in [0.1, 0.15) is 114 Å². The second-order valence-corrected chi connectivity index (χ2v) is 15.6. The summed E-state index contributed by atoms with van der Waals surface area (Å²) in [5.41, 5.74) is 4.16. The second kappa shape index (κ2) is 16.6. The van der Waals surface area contributed by atoms with Gasteiger partial charge in [0.1, 0.15) is 47.6 Å². The van der Waals surface area contributed by atoms with Gasteiger partial charge in [0.2, 0.25) is 11.9 Å². The van der Waals surface area contributed by atoms with Crippen molar-refractivity contribution in [2.75, 3.05) is 21.3 Å². The maximum Gasteiger partial charge on any atom is 0.224 e. The highest BCUT2D eigenvalue weighted by atomic mass is 16.3. The van der Waals surface area contributed by atoms with Crippen LogP contribution in [0.25, 0.3) is 0 Å². The summed E-state index contributed by atoms with van der Waals surface area (Å²) in [4.78, 5) is 34.3. The number of nitrogens with zero attached hydrogens (tertiary/aromatic N) is 10. The highest BCUT2D eigenvalue weighted by molar-refractivity contribution is 5.56. The average molecular weight is 735 g/mol. The normalized spacial score (nSPS) is 20.6. The van der Waals surface area contributed by atoms with E-state index in [0.29, 0.717) is 60.6 Å². The maximum absolute atomic E-state index is 9.92. The van der Waals surface area contributed by atoms with Gasteiger partial charge in [-0.05, 0) is 24.7 Å². The summed E-state index contributed by atoms with van der Waals surface area (Å²) >= 11 is 0. The van der Waals surface area contributed by atoms with Crippen molar-refractivity contribution in [2.24, 2.45) is 10.8 Å². The zero-order chi connectivity index (χ0) is 39.2. The average Bonchev–Trinajstić information content (AvgIpc) is 3.16. The van der Waals surface area contributed by atoms with E-state index in [1.807, 2.05) is 27.7 Å². The van der Waals surface area contributed by atoms with E-state index in [-0.39, 0.29) is 47.0 Å². The number of hydrogen-bond acceptors (Lipinski definition) is 16. The SMILES string of the molecule is CC(C)c1ncncc1CNc1ncc(C#N)c(N[C@@H]2C[C@H](O)C2(C)C)n1.CC(C)c1ncncc1CNc1ncc(C#N)c(N[C@H]2C[C@@H](O)C2(C)C)n1. The third-order valence-electron chi connectivity index (χ3n) is 10.5. The van der Waals surface area contributed by atoms with E-state index in [1.165, 1.54) is 12.4 Å². The first-order valence-corrected chi connectivity index (χ1v) is 18.1. The molecule has 6 N–H and O–H groups in total. The molecule has 0 amide bonds. The first-order valence-electron chi connectivity index (χ1n) is 18.1. The van der Waals surface area contributed by atoms with Gasteiger partial charge in [-0.15, -0.1) is 0 Å². The van der Waals surface area contributed by atoms with Crippen molar-refractivity contribution in [3.05, 3.63) is 71.1 Å². The molecule has 16 heteroatoms. The van der Waals surface area contributed by atoms with Crippen molar-refractivity contribution in [3.8, 4) is 12.1 Å². The summed E-state index contributed by atoms with van der Waals surface area (Å²) in [6, 6.07) is 4.34. The molecule has 2 saturated carbocycles. The molecule has 0 unspecified atom stereocenters. The Morgan fingerprint density at radius 2 is 1.06 bits per heavy atom. The van der Waals surface area contributed by atoms with Crippen LogP contribution in [0.15, 0.2) is 37.4 Å². The van der Waals surface area contributed by atoms with Gasteiger partial charge in [-0.25, -0.2) is 29.9 Å². The predicted octanol–water partition coefficient (Wildman–Crippen LogP) is 4.89. The van der Waals surface area contributed by atoms with Crippen molar-refractivity contribution < 1.29 is 10.2 Å². The van der Waals surface area contributed by atoms with Gasteiger partial charge >= 0.3 is 0 Å². The molecule has 284 valence electrons. The van der Waals surface area contributed by atoms with Gasteiger partial charge in [0, 0.05) is 59.5 Å². The van der Waals surface area contributed by atoms with Crippen LogP contribution in [0.3, 0.4) is 0 Å². The van der Waals surface area contributed by atoms with Crippen molar-refractivity contribution in [2.45, 2.75) is 117 Å². The van der Waals surface area contributed by atoms with Gasteiger partial charge in [-0.2, -0.15) is 20.5 Å². The summed E-state index contributed by atoms with van der Waals surface area (Å²) in [6.07, 6.45) is 10.2. The Hall–Kier alpha value is -5.58. The Balaban J connectivity index is 0.000000208. The molecule has 0 aliphatic heterocycles. The minimum Gasteiger partial charge on any atom is -0.392 e. The number of anilines is 4. The minimum absolute atomic E-state index is 0.0532. The number of rotatable bonds is 12. The second-order valence-electron chi connectivity index (χ2n) is 15.6. The molecule has 0 saturated heterocycles. The summed E-state index contributed by atoms with van der Waals surface area (Å²) in [5.74, 6) is 2.38. The highest BCUT2D eigenvalue weighted by Crippen LogP contribution is 2.43. The lowest BCUT2D eigenvalue weighted by atomic mass is 9.64. The molecule has 4 aromatic heterocycles. The van der Waals surface area contributed by atoms with Gasteiger partial charge in [-0.1, -0.05) is 55.4 Å². The van der Waals surface area contributed by atoms with Crippen molar-refractivity contribution in [3.63, 3.8) is 0 Å². The predicted molar refractivity (Wildman–Crippen MR) is 204 cm³/mol. The van der Waals surface area contributed by atoms with E-state index < -0.39 is 0 Å². The fraction of sp³-hybridized carbons (Fsp3) is 0.526. The van der Waals surface area contributed by atoms with Crippen LogP contribution in [0.4, 0.5) is 23.5 Å². The lowest BCUT2D eigenvalue weighted by Gasteiger charge is -2.49. The Labute approximate surface area is 316 Å². The van der Waals surface area contributed by atoms with Gasteiger partial charge in [-0.3, -0.25) is 0 Å². The molecule has 4 heterocycles. The molecule has 0 bridgehead atoms. The Kier molecular flexibility index (Phi) is 12.2. The van der Waals surface area contributed by atoms with E-state index in [4.69, 9.17) is 0 Å². The zero-order valence-electron chi connectivity index (χ0n) is 32.1. The number of nitrogens with one attached hydrogen (secondary N) is 4. The van der Waals surface area contributed by atoms with E-state index >= 15 is 0 Å². The molecule has 4 atom stereocenters. The number of aliphatic hydroxyl groups is 2. The molecular weight excluding hydrogens is 685 g/mol. The fourth-order valence-corrected chi connectivity index (χ4v) is 6.34. The quantitative estimate of drug-likeness (QED) is 0.114. The summed E-state index contributed by atoms with van der Waals surface area (Å²) in [5, 5.41) is 51.5. The molecule has 0 aromatic carbocycles. The summed E-state index contributed by atoms with van der Waals surface area (Å²) in [6.45, 7) is 17.3. The van der Waals surface area contributed by atoms with Crippen LogP contribution in [0.5, 0.6) is 0 Å². The van der Waals surface area contributed by atoms with Crippen molar-refractivity contribution >= 4 is 23.5 Å². The van der Waals surface area contributed by atoms with E-state index in [2.05, 4.69) is 101 Å². The van der Waals surface area contributed by atoms with E-state index in [0.717, 1.165) is 22.5 Å². The van der Waals surface area contributed by atoms with Crippen LogP contribution in [-0.4, -0.2) is 74.4 Å². The molecule has 0 radical (unpaired) electrons. The van der Waals surface area contributed by atoms with Crippen molar-refractivity contribution in [1.29, 1.82) is 10.5 Å². The first kappa shape index (κ1) is 39.6. The lowest BCUT2D eigenvalue weighted by Crippen LogP contribution is -2.57. The molecule has 2 fully saturated rings. The Morgan fingerprint density at radius 3 is 1.37 bits per heavy atom. The van der Waals surface area contributed by atoms with Crippen molar-refractivity contribution in [1.82, 2.24) is 39.9 Å². The van der Waals surface area contributed by atoms with Crippen LogP contribution in [0, 0.1) is 33.5 Å². The molecular formula is C38H50N14O2. The van der Waals surface area contributed by atoms with Gasteiger partial charge < -0.3 is 31.5 Å². The van der Waals surface area contributed by atoms with Gasteiger partial charge in [0.25, 0.3) is 0 Å². The molecule has 2 aliphatic carbocycles. The third-order valence-corrected chi connectivity index (χ3v) is 10.5. The summed E-state index contributed by atoms with van der Waals surface area (Å²) < 4.78 is 0. The zero-order valence-corrected chi connectivity index (χ0v) is 32.1. The monoisotopic (exact) mass is 734 g/mol. The molecule has 6 rings (SSSR count). The largest absolute Gasteiger partial charge is 0.392 e. The number of hydrogen-bond donors (Lipinski definition) is 6. The van der Waals surface area contributed by atoms with Crippen LogP contribution in [-0.2, 0) is 13.1 Å². The Bertz CT molecular complexity index is 1860. The molecule has 2 aliphatic rings. The molecule has 54 heavy (non-hydrogen) atoms. The molecule has 4 aromatic rings. The third kappa shape index (κ3) is 8.78. The summed E-state index contributed by atoms with van der Waals surface area (Å²) in [7, 11) is 0. The Morgan fingerprint density at radius 1 is 0.667 bits per heavy atom. The van der Waals surface area contributed by atoms with Crippen LogP contribution >= 0.6 is 0 Å². The topological polar surface area (TPSA) is 239 Å². The van der Waals surface area contributed by atoms with Gasteiger partial charge in [0.15, 0.2) is 0 Å². The molecule has 16 nitrogen and oxygen atoms in total. The smallest absolute Gasteiger partial charge is 0.224 e. The number of aromatic nitrogens is 8. The first-order chi connectivity index (χ1) is 25.6. The van der Waals surface area contributed by atoms with Crippen LogP contribution < -0.4 is 21.3 Å². The standard InChI is InChI=1S/2C19H25N7O/c2*1-11(2)16-13(7-21-10-24-16)9-23-18-22-8-12(6-20)17(26-18)25-14-5-15(27)19(14,3)4/h2*7-8,10-11,14-15,27H,5,9H2,1-4H3,(H2,22,23,25,26)/t2*14-,15+/m10/s1. The van der Waals surface area contributed by atoms with Crippen LogP contribution in [0.2, 0.25) is 0 Å².